The van der Waals surface area contributed by atoms with Crippen LogP contribution in [0.5, 0.6) is 0 Å². The summed E-state index contributed by atoms with van der Waals surface area (Å²) in [6, 6.07) is 1.55. The van der Waals surface area contributed by atoms with Crippen LogP contribution in [-0.4, -0.2) is 20.5 Å². The van der Waals surface area contributed by atoms with Crippen molar-refractivity contribution in [1.82, 2.24) is 9.38 Å². The van der Waals surface area contributed by atoms with Crippen LogP contribution in [-0.2, 0) is 6.42 Å². The van der Waals surface area contributed by atoms with Crippen molar-refractivity contribution in [2.75, 3.05) is 0 Å². The summed E-state index contributed by atoms with van der Waals surface area (Å²) in [5.41, 5.74) is 1.09. The van der Waals surface area contributed by atoms with Gasteiger partial charge in [-0.1, -0.05) is 36.5 Å². The van der Waals surface area contributed by atoms with E-state index >= 15 is 0 Å². The molecule has 0 fully saturated rings. The highest BCUT2D eigenvalue weighted by Crippen LogP contribution is 2.25. The lowest BCUT2D eigenvalue weighted by atomic mass is 10.2. The molecule has 0 aliphatic rings. The number of fused-ring (bicyclic) bond motifs is 1. The van der Waals surface area contributed by atoms with E-state index in [0.29, 0.717) is 27.8 Å². The Labute approximate surface area is 108 Å². The Bertz CT molecular complexity index is 593. The van der Waals surface area contributed by atoms with Gasteiger partial charge in [-0.3, -0.25) is 4.40 Å². The summed E-state index contributed by atoms with van der Waals surface area (Å²) in [4.78, 5) is 15.5. The lowest BCUT2D eigenvalue weighted by Crippen LogP contribution is -2.05. The molecule has 2 aromatic rings. The summed E-state index contributed by atoms with van der Waals surface area (Å²) < 4.78 is 1.43. The molecule has 0 spiro atoms. The molecule has 0 amide bonds. The number of aromatic nitrogens is 2. The van der Waals surface area contributed by atoms with Crippen molar-refractivity contribution in [3.8, 4) is 0 Å². The van der Waals surface area contributed by atoms with E-state index in [1.807, 2.05) is 6.92 Å². The van der Waals surface area contributed by atoms with E-state index in [9.17, 15) is 9.90 Å². The van der Waals surface area contributed by atoms with Crippen LogP contribution in [0, 0.1) is 0 Å². The van der Waals surface area contributed by atoms with Crippen LogP contribution in [0.1, 0.15) is 29.5 Å². The second-order valence-corrected chi connectivity index (χ2v) is 4.51. The molecular formula is C11H10Cl2N2O2. The van der Waals surface area contributed by atoms with E-state index in [1.165, 1.54) is 10.6 Å². The second kappa shape index (κ2) is 4.55. The topological polar surface area (TPSA) is 54.6 Å². The third-order valence-electron chi connectivity index (χ3n) is 2.40. The first-order chi connectivity index (χ1) is 8.04. The molecule has 2 aromatic heterocycles. The Hall–Kier alpha value is -1.26. The molecule has 0 aromatic carbocycles. The number of carboxylic acid groups (broad SMARTS) is 1. The van der Waals surface area contributed by atoms with Crippen molar-refractivity contribution < 1.29 is 9.90 Å². The van der Waals surface area contributed by atoms with Crippen LogP contribution in [0.15, 0.2) is 12.3 Å². The molecular weight excluding hydrogens is 263 g/mol. The Morgan fingerprint density at radius 3 is 2.82 bits per heavy atom. The molecule has 0 radical (unpaired) electrons. The van der Waals surface area contributed by atoms with Crippen LogP contribution < -0.4 is 0 Å². The predicted octanol–water partition coefficient (Wildman–Crippen LogP) is 3.29. The van der Waals surface area contributed by atoms with Crippen molar-refractivity contribution in [2.24, 2.45) is 0 Å². The summed E-state index contributed by atoms with van der Waals surface area (Å²) >= 11 is 11.9. The lowest BCUT2D eigenvalue weighted by molar-refractivity contribution is 0.0688. The van der Waals surface area contributed by atoms with Gasteiger partial charge in [-0.05, 0) is 12.5 Å². The molecule has 0 saturated heterocycles. The molecule has 2 rings (SSSR count). The first-order valence-electron chi connectivity index (χ1n) is 5.14. The molecule has 0 atom stereocenters. The minimum absolute atomic E-state index is 0.131. The lowest BCUT2D eigenvalue weighted by Gasteiger charge is -2.00. The highest BCUT2D eigenvalue weighted by molar-refractivity contribution is 6.36. The van der Waals surface area contributed by atoms with Gasteiger partial charge in [0.25, 0.3) is 0 Å². The van der Waals surface area contributed by atoms with Gasteiger partial charge in [-0.2, -0.15) is 0 Å². The number of nitrogens with zero attached hydrogens (tertiary/aromatic N) is 2. The zero-order valence-electron chi connectivity index (χ0n) is 9.07. The molecule has 6 heteroatoms. The average Bonchev–Trinajstić information content (AvgIpc) is 2.57. The second-order valence-electron chi connectivity index (χ2n) is 3.66. The van der Waals surface area contributed by atoms with E-state index in [2.05, 4.69) is 4.98 Å². The largest absolute Gasteiger partial charge is 0.477 e. The molecule has 0 aliphatic carbocycles. The molecule has 0 saturated carbocycles. The third kappa shape index (κ3) is 2.10. The Balaban J connectivity index is 2.80. The predicted molar refractivity (Wildman–Crippen MR) is 66.2 cm³/mol. The molecule has 90 valence electrons. The molecule has 17 heavy (non-hydrogen) atoms. The number of hydrogen-bond donors (Lipinski definition) is 1. The molecule has 0 bridgehead atoms. The van der Waals surface area contributed by atoms with Crippen molar-refractivity contribution in [2.45, 2.75) is 19.8 Å². The van der Waals surface area contributed by atoms with Gasteiger partial charge in [-0.15, -0.1) is 0 Å². The number of imidazole rings is 1. The van der Waals surface area contributed by atoms with Crippen molar-refractivity contribution >= 4 is 34.8 Å². The number of aromatic carboxylic acids is 1. The SMILES string of the molecule is CCCc1nc2c(Cl)cc(Cl)cn2c1C(=O)O. The van der Waals surface area contributed by atoms with Gasteiger partial charge in [0.05, 0.1) is 15.7 Å². The third-order valence-corrected chi connectivity index (χ3v) is 2.89. The van der Waals surface area contributed by atoms with Gasteiger partial charge in [0.2, 0.25) is 0 Å². The number of pyridine rings is 1. The van der Waals surface area contributed by atoms with E-state index < -0.39 is 5.97 Å². The fraction of sp³-hybridized carbons (Fsp3) is 0.273. The molecule has 0 unspecified atom stereocenters. The summed E-state index contributed by atoms with van der Waals surface area (Å²) in [6.45, 7) is 1.96. The quantitative estimate of drug-likeness (QED) is 0.933. The first-order valence-corrected chi connectivity index (χ1v) is 5.89. The maximum atomic E-state index is 11.2. The Kier molecular flexibility index (Phi) is 3.26. The zero-order chi connectivity index (χ0) is 12.6. The molecule has 2 heterocycles. The number of carbonyl (C=O) groups is 1. The monoisotopic (exact) mass is 272 g/mol. The smallest absolute Gasteiger partial charge is 0.354 e. The summed E-state index contributed by atoms with van der Waals surface area (Å²) in [6.07, 6.45) is 2.92. The van der Waals surface area contributed by atoms with Crippen molar-refractivity contribution in [3.63, 3.8) is 0 Å². The van der Waals surface area contributed by atoms with Gasteiger partial charge in [0.1, 0.15) is 0 Å². The highest BCUT2D eigenvalue weighted by Gasteiger charge is 2.19. The summed E-state index contributed by atoms with van der Waals surface area (Å²) in [7, 11) is 0. The van der Waals surface area contributed by atoms with Gasteiger partial charge in [0.15, 0.2) is 11.3 Å². The summed E-state index contributed by atoms with van der Waals surface area (Å²) in [5.74, 6) is -1.03. The molecule has 0 aliphatic heterocycles. The van der Waals surface area contributed by atoms with Crippen LogP contribution >= 0.6 is 23.2 Å². The highest BCUT2D eigenvalue weighted by atomic mass is 35.5. The van der Waals surface area contributed by atoms with Gasteiger partial charge in [-0.25, -0.2) is 9.78 Å². The fourth-order valence-electron chi connectivity index (χ4n) is 1.76. The molecule has 4 nitrogen and oxygen atoms in total. The minimum Gasteiger partial charge on any atom is -0.477 e. The molecule has 1 N–H and O–H groups in total. The van der Waals surface area contributed by atoms with Gasteiger partial charge < -0.3 is 5.11 Å². The fourth-order valence-corrected chi connectivity index (χ4v) is 2.27. The van der Waals surface area contributed by atoms with Crippen LogP contribution in [0.2, 0.25) is 10.0 Å². The van der Waals surface area contributed by atoms with Crippen LogP contribution in [0.3, 0.4) is 0 Å². The first kappa shape index (κ1) is 12.2. The van der Waals surface area contributed by atoms with Gasteiger partial charge in [0, 0.05) is 6.20 Å². The minimum atomic E-state index is -1.03. The Morgan fingerprint density at radius 2 is 2.24 bits per heavy atom. The zero-order valence-corrected chi connectivity index (χ0v) is 10.6. The maximum Gasteiger partial charge on any atom is 0.354 e. The van der Waals surface area contributed by atoms with E-state index in [-0.39, 0.29) is 5.69 Å². The summed E-state index contributed by atoms with van der Waals surface area (Å²) in [5, 5.41) is 9.94. The normalized spacial score (nSPS) is 11.0. The van der Waals surface area contributed by atoms with E-state index in [0.717, 1.165) is 6.42 Å². The van der Waals surface area contributed by atoms with Crippen molar-refractivity contribution in [1.29, 1.82) is 0 Å². The Morgan fingerprint density at radius 1 is 1.53 bits per heavy atom. The van der Waals surface area contributed by atoms with Crippen molar-refractivity contribution in [3.05, 3.63) is 33.7 Å². The number of carboxylic acids is 1. The number of rotatable bonds is 3. The van der Waals surface area contributed by atoms with Crippen LogP contribution in [0.4, 0.5) is 0 Å². The number of hydrogen-bond acceptors (Lipinski definition) is 2. The van der Waals surface area contributed by atoms with E-state index in [4.69, 9.17) is 23.2 Å². The average molecular weight is 273 g/mol. The van der Waals surface area contributed by atoms with Crippen LogP contribution in [0.25, 0.3) is 5.65 Å². The van der Waals surface area contributed by atoms with Gasteiger partial charge >= 0.3 is 5.97 Å². The number of halogens is 2. The van der Waals surface area contributed by atoms with E-state index in [1.54, 1.807) is 6.07 Å². The number of aryl methyl sites for hydroxylation is 1. The maximum absolute atomic E-state index is 11.2. The standard InChI is InChI=1S/C11H10Cl2N2O2/c1-2-3-8-9(11(16)17)15-5-6(12)4-7(13)10(15)14-8/h4-5H,2-3H2,1H3,(H,16,17).